The Morgan fingerprint density at radius 2 is 2.14 bits per heavy atom. The molecule has 0 fully saturated rings. The number of primary amides is 1. The molecule has 1 aromatic rings. The van der Waals surface area contributed by atoms with Crippen molar-refractivity contribution in [2.75, 3.05) is 40.1 Å². The first kappa shape index (κ1) is 17.2. The molecule has 7 heteroatoms. The van der Waals surface area contributed by atoms with Crippen molar-refractivity contribution >= 4 is 5.91 Å². The molecule has 0 spiro atoms. The first-order valence-electron chi connectivity index (χ1n) is 6.64. The molecule has 21 heavy (non-hydrogen) atoms. The Labute approximate surface area is 124 Å². The molecule has 0 aliphatic carbocycles. The molecule has 0 unspecified atom stereocenters. The van der Waals surface area contributed by atoms with Crippen LogP contribution in [0.5, 0.6) is 11.5 Å². The van der Waals surface area contributed by atoms with Crippen molar-refractivity contribution in [2.24, 2.45) is 5.73 Å². The van der Waals surface area contributed by atoms with Gasteiger partial charge in [0.2, 0.25) is 0 Å². The number of benzene rings is 1. The minimum absolute atomic E-state index is 0.0317. The van der Waals surface area contributed by atoms with Gasteiger partial charge in [0.1, 0.15) is 0 Å². The van der Waals surface area contributed by atoms with Gasteiger partial charge in [0, 0.05) is 13.1 Å². The second-order valence-electron chi connectivity index (χ2n) is 4.25. The number of hydrogen-bond acceptors (Lipinski definition) is 6. The van der Waals surface area contributed by atoms with Crippen LogP contribution in [0.2, 0.25) is 0 Å². The number of ether oxygens (including phenoxy) is 3. The summed E-state index contributed by atoms with van der Waals surface area (Å²) in [5.41, 5.74) is 6.05. The summed E-state index contributed by atoms with van der Waals surface area (Å²) in [7, 11) is 1.53. The van der Waals surface area contributed by atoms with E-state index in [-0.39, 0.29) is 13.2 Å². The van der Waals surface area contributed by atoms with E-state index in [1.807, 2.05) is 12.1 Å². The number of aliphatic hydroxyl groups excluding tert-OH is 1. The quantitative estimate of drug-likeness (QED) is 0.483. The minimum Gasteiger partial charge on any atom is -0.493 e. The average Bonchev–Trinajstić information content (AvgIpc) is 2.49. The summed E-state index contributed by atoms with van der Waals surface area (Å²) in [4.78, 5) is 10.7. The molecule has 0 radical (unpaired) electrons. The van der Waals surface area contributed by atoms with Crippen LogP contribution in [0.3, 0.4) is 0 Å². The van der Waals surface area contributed by atoms with Crippen LogP contribution < -0.4 is 20.5 Å². The number of nitrogens with two attached hydrogens (primary N) is 1. The van der Waals surface area contributed by atoms with Crippen molar-refractivity contribution in [1.29, 1.82) is 0 Å². The van der Waals surface area contributed by atoms with Gasteiger partial charge in [0.25, 0.3) is 5.91 Å². The van der Waals surface area contributed by atoms with Crippen LogP contribution in [-0.2, 0) is 16.1 Å². The van der Waals surface area contributed by atoms with E-state index in [1.165, 1.54) is 7.11 Å². The lowest BCUT2D eigenvalue weighted by molar-refractivity contribution is -0.119. The van der Waals surface area contributed by atoms with Crippen LogP contribution in [0.4, 0.5) is 0 Å². The topological polar surface area (TPSA) is 103 Å². The van der Waals surface area contributed by atoms with E-state index in [0.717, 1.165) is 5.56 Å². The second kappa shape index (κ2) is 9.98. The Bertz CT molecular complexity index is 439. The molecule has 4 N–H and O–H groups in total. The molecule has 1 aromatic carbocycles. The van der Waals surface area contributed by atoms with Gasteiger partial charge in [-0.1, -0.05) is 6.07 Å². The number of hydrogen-bond donors (Lipinski definition) is 3. The first-order valence-corrected chi connectivity index (χ1v) is 6.64. The van der Waals surface area contributed by atoms with Crippen molar-refractivity contribution in [3.63, 3.8) is 0 Å². The van der Waals surface area contributed by atoms with Crippen molar-refractivity contribution in [3.8, 4) is 11.5 Å². The molecule has 1 rings (SSSR count). The van der Waals surface area contributed by atoms with E-state index in [0.29, 0.717) is 37.8 Å². The molecule has 7 nitrogen and oxygen atoms in total. The smallest absolute Gasteiger partial charge is 0.255 e. The van der Waals surface area contributed by atoms with Gasteiger partial charge >= 0.3 is 0 Å². The van der Waals surface area contributed by atoms with Crippen LogP contribution >= 0.6 is 0 Å². The van der Waals surface area contributed by atoms with Gasteiger partial charge in [-0.3, -0.25) is 4.79 Å². The number of carbonyl (C=O) groups is 1. The Kier molecular flexibility index (Phi) is 8.18. The molecule has 0 saturated carbocycles. The van der Waals surface area contributed by atoms with Gasteiger partial charge in [-0.25, -0.2) is 0 Å². The van der Waals surface area contributed by atoms with Gasteiger partial charge in [0.05, 0.1) is 26.9 Å². The van der Waals surface area contributed by atoms with Crippen molar-refractivity contribution < 1.29 is 24.1 Å². The predicted octanol–water partition coefficient (Wildman–Crippen LogP) is -0.342. The highest BCUT2D eigenvalue weighted by Gasteiger charge is 2.07. The van der Waals surface area contributed by atoms with E-state index in [2.05, 4.69) is 5.32 Å². The Balaban J connectivity index is 2.43. The van der Waals surface area contributed by atoms with E-state index < -0.39 is 5.91 Å². The average molecular weight is 298 g/mol. The highest BCUT2D eigenvalue weighted by Crippen LogP contribution is 2.27. The maximum atomic E-state index is 10.7. The van der Waals surface area contributed by atoms with Gasteiger partial charge in [-0.2, -0.15) is 0 Å². The Morgan fingerprint density at radius 1 is 1.33 bits per heavy atom. The fourth-order valence-electron chi connectivity index (χ4n) is 1.63. The van der Waals surface area contributed by atoms with Gasteiger partial charge in [-0.05, 0) is 17.7 Å². The number of carbonyl (C=O) groups excluding carboxylic acids is 1. The lowest BCUT2D eigenvalue weighted by atomic mass is 10.2. The van der Waals surface area contributed by atoms with E-state index in [4.69, 9.17) is 25.1 Å². The number of nitrogens with one attached hydrogen (secondary N) is 1. The van der Waals surface area contributed by atoms with Crippen LogP contribution in [0.25, 0.3) is 0 Å². The summed E-state index contributed by atoms with van der Waals surface area (Å²) < 4.78 is 15.6. The molecule has 0 aromatic heterocycles. The van der Waals surface area contributed by atoms with Crippen molar-refractivity contribution in [2.45, 2.75) is 6.54 Å². The normalized spacial score (nSPS) is 10.4. The minimum atomic E-state index is -0.536. The predicted molar refractivity (Wildman–Crippen MR) is 77.3 cm³/mol. The summed E-state index contributed by atoms with van der Waals surface area (Å²) in [5, 5.41) is 11.8. The number of rotatable bonds is 11. The van der Waals surface area contributed by atoms with Crippen LogP contribution in [0.15, 0.2) is 18.2 Å². The molecular weight excluding hydrogens is 276 g/mol. The molecule has 0 atom stereocenters. The molecular formula is C14H22N2O5. The largest absolute Gasteiger partial charge is 0.493 e. The van der Waals surface area contributed by atoms with Crippen LogP contribution in [0, 0.1) is 0 Å². The van der Waals surface area contributed by atoms with Crippen molar-refractivity contribution in [1.82, 2.24) is 5.32 Å². The summed E-state index contributed by atoms with van der Waals surface area (Å²) in [6.45, 7) is 2.07. The van der Waals surface area contributed by atoms with Crippen LogP contribution in [0.1, 0.15) is 5.56 Å². The summed E-state index contributed by atoms with van der Waals surface area (Å²) in [5.74, 6) is 0.490. The zero-order valence-electron chi connectivity index (χ0n) is 12.1. The Morgan fingerprint density at radius 3 is 2.81 bits per heavy atom. The molecule has 0 heterocycles. The first-order chi connectivity index (χ1) is 10.2. The standard InChI is InChI=1S/C14H22N2O5/c1-19-13-8-11(9-16-4-6-20-7-5-17)2-3-12(13)21-10-14(15)18/h2-3,8,16-17H,4-7,9-10H2,1H3,(H2,15,18). The fraction of sp³-hybridized carbons (Fsp3) is 0.500. The number of methoxy groups -OCH3 is 1. The fourth-order valence-corrected chi connectivity index (χ4v) is 1.63. The van der Waals surface area contributed by atoms with Gasteiger partial charge < -0.3 is 30.4 Å². The third kappa shape index (κ3) is 6.94. The lowest BCUT2D eigenvalue weighted by Crippen LogP contribution is -2.21. The molecule has 1 amide bonds. The zero-order chi connectivity index (χ0) is 15.5. The van der Waals surface area contributed by atoms with Gasteiger partial charge in [0.15, 0.2) is 18.1 Å². The second-order valence-corrected chi connectivity index (χ2v) is 4.25. The summed E-state index contributed by atoms with van der Waals surface area (Å²) in [6.07, 6.45) is 0. The highest BCUT2D eigenvalue weighted by molar-refractivity contribution is 5.75. The van der Waals surface area contributed by atoms with Crippen LogP contribution in [-0.4, -0.2) is 51.1 Å². The van der Waals surface area contributed by atoms with E-state index in [1.54, 1.807) is 6.07 Å². The maximum absolute atomic E-state index is 10.7. The number of amides is 1. The number of aliphatic hydroxyl groups is 1. The lowest BCUT2D eigenvalue weighted by Gasteiger charge is -2.11. The highest BCUT2D eigenvalue weighted by atomic mass is 16.5. The third-order valence-electron chi connectivity index (χ3n) is 2.59. The maximum Gasteiger partial charge on any atom is 0.255 e. The van der Waals surface area contributed by atoms with Gasteiger partial charge in [-0.15, -0.1) is 0 Å². The third-order valence-corrected chi connectivity index (χ3v) is 2.59. The summed E-state index contributed by atoms with van der Waals surface area (Å²) in [6, 6.07) is 5.44. The molecule has 0 saturated heterocycles. The molecule has 0 aliphatic heterocycles. The summed E-state index contributed by atoms with van der Waals surface area (Å²) >= 11 is 0. The molecule has 0 aliphatic rings. The van der Waals surface area contributed by atoms with E-state index >= 15 is 0 Å². The van der Waals surface area contributed by atoms with E-state index in [9.17, 15) is 4.79 Å². The van der Waals surface area contributed by atoms with Crippen molar-refractivity contribution in [3.05, 3.63) is 23.8 Å². The zero-order valence-corrected chi connectivity index (χ0v) is 12.1. The molecule has 118 valence electrons. The Hall–Kier alpha value is -1.83. The molecule has 0 bridgehead atoms. The monoisotopic (exact) mass is 298 g/mol. The SMILES string of the molecule is COc1cc(CNCCOCCO)ccc1OCC(N)=O.